The molecule has 2 aliphatic rings. The van der Waals surface area contributed by atoms with Crippen molar-refractivity contribution < 1.29 is 23.9 Å². The van der Waals surface area contributed by atoms with E-state index in [2.05, 4.69) is 20.9 Å². The van der Waals surface area contributed by atoms with Crippen molar-refractivity contribution in [3.63, 3.8) is 0 Å². The Morgan fingerprint density at radius 3 is 2.76 bits per heavy atom. The molecule has 220 valence electrons. The number of carbonyl (C=O) groups is 4. The summed E-state index contributed by atoms with van der Waals surface area (Å²) < 4.78 is 6.07. The number of nitrogens with one attached hydrogen (secondary N) is 3. The number of aromatic nitrogens is 1. The normalized spacial score (nSPS) is 22.3. The van der Waals surface area contributed by atoms with Gasteiger partial charge in [-0.05, 0) is 79.1 Å². The summed E-state index contributed by atoms with van der Waals surface area (Å²) in [5.41, 5.74) is 3.21. The summed E-state index contributed by atoms with van der Waals surface area (Å²) in [5, 5.41) is 9.22. The van der Waals surface area contributed by atoms with Crippen LogP contribution in [0.3, 0.4) is 0 Å². The Morgan fingerprint density at radius 1 is 1.07 bits per heavy atom. The fourth-order valence-corrected chi connectivity index (χ4v) is 5.66. The number of hydrogen-bond donors (Lipinski definition) is 3. The Hall–Kier alpha value is -4.47. The number of benzene rings is 2. The van der Waals surface area contributed by atoms with Gasteiger partial charge in [0.25, 0.3) is 0 Å². The number of pyridine rings is 1. The van der Waals surface area contributed by atoms with Gasteiger partial charge in [0, 0.05) is 38.1 Å². The fourth-order valence-electron chi connectivity index (χ4n) is 5.66. The molecular formula is C32H37N5O5. The summed E-state index contributed by atoms with van der Waals surface area (Å²) >= 11 is 0. The van der Waals surface area contributed by atoms with Gasteiger partial charge in [-0.3, -0.25) is 24.2 Å². The Labute approximate surface area is 245 Å². The van der Waals surface area contributed by atoms with Crippen molar-refractivity contribution >= 4 is 34.5 Å². The summed E-state index contributed by atoms with van der Waals surface area (Å²) in [4.78, 5) is 58.9. The molecule has 0 radical (unpaired) electrons. The van der Waals surface area contributed by atoms with Crippen LogP contribution in [0, 0.1) is 12.8 Å². The van der Waals surface area contributed by atoms with Crippen LogP contribution in [0.1, 0.15) is 55.3 Å². The fraction of sp³-hybridized carbons (Fsp3) is 0.406. The zero-order chi connectivity index (χ0) is 29.6. The first kappa shape index (κ1) is 29.0. The lowest BCUT2D eigenvalue weighted by molar-refractivity contribution is -0.138. The average molecular weight is 572 g/mol. The van der Waals surface area contributed by atoms with Crippen LogP contribution in [0.15, 0.2) is 54.7 Å². The Kier molecular flexibility index (Phi) is 9.00. The van der Waals surface area contributed by atoms with Gasteiger partial charge in [-0.2, -0.15) is 0 Å². The maximum Gasteiger partial charge on any atom is 0.247 e. The van der Waals surface area contributed by atoms with Gasteiger partial charge in [-0.15, -0.1) is 0 Å². The molecule has 42 heavy (non-hydrogen) atoms. The number of piperidine rings is 1. The van der Waals surface area contributed by atoms with Gasteiger partial charge in [-0.1, -0.05) is 18.2 Å². The Balaban J connectivity index is 1.49. The molecule has 10 nitrogen and oxygen atoms in total. The summed E-state index contributed by atoms with van der Waals surface area (Å²) in [6.07, 6.45) is 4.14. The summed E-state index contributed by atoms with van der Waals surface area (Å²) in [6, 6.07) is 12.6. The van der Waals surface area contributed by atoms with Crippen LogP contribution in [0.5, 0.6) is 5.75 Å². The second kappa shape index (κ2) is 13.0. The first-order valence-electron chi connectivity index (χ1n) is 14.5. The summed E-state index contributed by atoms with van der Waals surface area (Å²) in [5.74, 6) is -0.676. The molecule has 2 aromatic carbocycles. The minimum absolute atomic E-state index is 0.200. The van der Waals surface area contributed by atoms with Crippen LogP contribution in [0.4, 0.5) is 0 Å². The number of carbonyl (C=O) groups excluding carboxylic acids is 4. The lowest BCUT2D eigenvalue weighted by Gasteiger charge is -2.34. The lowest BCUT2D eigenvalue weighted by Crippen LogP contribution is -2.52. The van der Waals surface area contributed by atoms with Crippen LogP contribution in [-0.2, 0) is 25.7 Å². The first-order valence-corrected chi connectivity index (χ1v) is 14.5. The molecule has 1 aromatic heterocycles. The van der Waals surface area contributed by atoms with Crippen molar-refractivity contribution in [3.8, 4) is 5.75 Å². The molecule has 3 N–H and O–H groups in total. The molecular weight excluding hydrogens is 534 g/mol. The van der Waals surface area contributed by atoms with Gasteiger partial charge >= 0.3 is 0 Å². The molecule has 3 atom stereocenters. The van der Waals surface area contributed by atoms with Crippen LogP contribution < -0.4 is 20.7 Å². The van der Waals surface area contributed by atoms with Gasteiger partial charge in [0.1, 0.15) is 17.8 Å². The largest absolute Gasteiger partial charge is 0.494 e. The predicted octanol–water partition coefficient (Wildman–Crippen LogP) is 2.93. The topological polar surface area (TPSA) is 130 Å². The SMILES string of the molecule is CC(=O)N[C@H]1CC(=O)N2CCCC(CCOc3ccc(C)c(c3)CNC(=O)C(c3ccc4ncccc4c3)NC1=O)C2. The minimum atomic E-state index is -1.13. The zero-order valence-electron chi connectivity index (χ0n) is 24.0. The number of aryl methyl sites for hydroxylation is 1. The highest BCUT2D eigenvalue weighted by Crippen LogP contribution is 2.24. The minimum Gasteiger partial charge on any atom is -0.494 e. The maximum absolute atomic E-state index is 13.7. The Bertz CT molecular complexity index is 1490. The molecule has 0 saturated carbocycles. The van der Waals surface area contributed by atoms with Crippen molar-refractivity contribution in [3.05, 3.63) is 71.4 Å². The third kappa shape index (κ3) is 7.05. The van der Waals surface area contributed by atoms with Crippen LogP contribution >= 0.6 is 0 Å². The third-order valence-corrected chi connectivity index (χ3v) is 8.02. The molecule has 2 aliphatic heterocycles. The first-order chi connectivity index (χ1) is 20.3. The molecule has 4 bridgehead atoms. The molecule has 2 unspecified atom stereocenters. The molecule has 5 rings (SSSR count). The van der Waals surface area contributed by atoms with Crippen LogP contribution in [0.2, 0.25) is 0 Å². The molecule has 1 saturated heterocycles. The van der Waals surface area contributed by atoms with E-state index >= 15 is 0 Å². The van der Waals surface area contributed by atoms with Crippen molar-refractivity contribution in [1.29, 1.82) is 0 Å². The van der Waals surface area contributed by atoms with Crippen LogP contribution in [0.25, 0.3) is 10.9 Å². The van der Waals surface area contributed by atoms with Crippen molar-refractivity contribution in [2.75, 3.05) is 19.7 Å². The predicted molar refractivity (Wildman–Crippen MR) is 157 cm³/mol. The number of nitrogens with zero attached hydrogens (tertiary/aromatic N) is 2. The molecule has 3 heterocycles. The Morgan fingerprint density at radius 2 is 1.93 bits per heavy atom. The maximum atomic E-state index is 13.7. The molecule has 0 spiro atoms. The number of fused-ring (bicyclic) bond motifs is 5. The van der Waals surface area contributed by atoms with Gasteiger partial charge < -0.3 is 25.6 Å². The average Bonchev–Trinajstić information content (AvgIpc) is 2.98. The molecule has 10 heteroatoms. The highest BCUT2D eigenvalue weighted by molar-refractivity contribution is 5.95. The van der Waals surface area contributed by atoms with E-state index < -0.39 is 29.8 Å². The molecule has 1 fully saturated rings. The van der Waals surface area contributed by atoms with E-state index in [-0.39, 0.29) is 24.8 Å². The van der Waals surface area contributed by atoms with E-state index in [4.69, 9.17) is 4.74 Å². The lowest BCUT2D eigenvalue weighted by atomic mass is 9.94. The van der Waals surface area contributed by atoms with E-state index in [9.17, 15) is 19.2 Å². The van der Waals surface area contributed by atoms with E-state index in [1.165, 1.54) is 6.92 Å². The highest BCUT2D eigenvalue weighted by atomic mass is 16.5. The second-order valence-corrected chi connectivity index (χ2v) is 11.1. The van der Waals surface area contributed by atoms with Gasteiger partial charge in [0.05, 0.1) is 18.5 Å². The van der Waals surface area contributed by atoms with Crippen molar-refractivity contribution in [2.24, 2.45) is 5.92 Å². The van der Waals surface area contributed by atoms with Crippen molar-refractivity contribution in [1.82, 2.24) is 25.8 Å². The van der Waals surface area contributed by atoms with E-state index in [0.29, 0.717) is 25.3 Å². The van der Waals surface area contributed by atoms with E-state index in [1.807, 2.05) is 37.3 Å². The van der Waals surface area contributed by atoms with E-state index in [0.717, 1.165) is 47.0 Å². The quantitative estimate of drug-likeness (QED) is 0.434. The summed E-state index contributed by atoms with van der Waals surface area (Å²) in [7, 11) is 0. The van der Waals surface area contributed by atoms with Crippen molar-refractivity contribution in [2.45, 2.75) is 58.2 Å². The molecule has 3 aromatic rings. The number of hydrogen-bond acceptors (Lipinski definition) is 6. The van der Waals surface area contributed by atoms with Gasteiger partial charge in [0.2, 0.25) is 23.6 Å². The van der Waals surface area contributed by atoms with E-state index in [1.54, 1.807) is 29.3 Å². The standard InChI is InChI=1S/C32H37N5O5/c1-20-7-9-26-16-25(20)18-34-32(41)30(24-8-10-27-23(15-24)6-3-12-33-27)36-31(40)28(35-21(2)38)17-29(39)37-13-4-5-22(19-37)11-14-42-26/h3,6-10,12,15-16,22,28,30H,4-5,11,13-14,17-19H2,1-2H3,(H,34,41)(H,35,38)(H,36,40)/t22?,28-,30?/m0/s1. The number of ether oxygens (including phenoxy) is 1. The zero-order valence-corrected chi connectivity index (χ0v) is 24.0. The highest BCUT2D eigenvalue weighted by Gasteiger charge is 2.32. The number of amides is 4. The molecule has 4 amide bonds. The second-order valence-electron chi connectivity index (χ2n) is 11.1. The smallest absolute Gasteiger partial charge is 0.247 e. The third-order valence-electron chi connectivity index (χ3n) is 8.02. The van der Waals surface area contributed by atoms with Gasteiger partial charge in [0.15, 0.2) is 0 Å². The van der Waals surface area contributed by atoms with Gasteiger partial charge in [-0.25, -0.2) is 0 Å². The van der Waals surface area contributed by atoms with Crippen LogP contribution in [-0.4, -0.2) is 59.3 Å². The summed E-state index contributed by atoms with van der Waals surface area (Å²) in [6.45, 7) is 5.19. The molecule has 0 aliphatic carbocycles. The number of rotatable bonds is 2. The monoisotopic (exact) mass is 571 g/mol.